The van der Waals surface area contributed by atoms with Crippen LogP contribution in [0.15, 0.2) is 30.3 Å². The van der Waals surface area contributed by atoms with Crippen LogP contribution in [0.1, 0.15) is 23.1 Å². The van der Waals surface area contributed by atoms with Gasteiger partial charge >= 0.3 is 0 Å². The van der Waals surface area contributed by atoms with E-state index in [1.54, 1.807) is 11.1 Å². The highest BCUT2D eigenvalue weighted by Crippen LogP contribution is 2.32. The molecule has 0 aromatic heterocycles. The molecule has 0 aliphatic heterocycles. The molecule has 0 radical (unpaired) electrons. The first-order chi connectivity index (χ1) is 6.86. The fourth-order valence-electron chi connectivity index (χ4n) is 2.69. The van der Waals surface area contributed by atoms with Crippen LogP contribution in [0.4, 0.5) is 0 Å². The van der Waals surface area contributed by atoms with E-state index in [4.69, 9.17) is 0 Å². The molecule has 0 nitrogen and oxygen atoms in total. The summed E-state index contributed by atoms with van der Waals surface area (Å²) >= 11 is 0. The lowest BCUT2D eigenvalue weighted by molar-refractivity contribution is 0.911. The largest absolute Gasteiger partial charge is 0.0616 e. The topological polar surface area (TPSA) is 0 Å². The van der Waals surface area contributed by atoms with E-state index < -0.39 is 0 Å². The van der Waals surface area contributed by atoms with Crippen molar-refractivity contribution in [3.63, 3.8) is 0 Å². The van der Waals surface area contributed by atoms with Crippen LogP contribution in [0.25, 0.3) is 10.8 Å². The predicted octanol–water partition coefficient (Wildman–Crippen LogP) is 3.64. The molecule has 0 saturated carbocycles. The van der Waals surface area contributed by atoms with Crippen molar-refractivity contribution < 1.29 is 0 Å². The summed E-state index contributed by atoms with van der Waals surface area (Å²) in [7, 11) is 0. The molecule has 0 amide bonds. The van der Waals surface area contributed by atoms with E-state index in [2.05, 4.69) is 37.3 Å². The summed E-state index contributed by atoms with van der Waals surface area (Å²) in [4.78, 5) is 0. The highest BCUT2D eigenvalue weighted by atomic mass is 14.2. The van der Waals surface area contributed by atoms with Crippen molar-refractivity contribution in [3.8, 4) is 0 Å². The fourth-order valence-corrected chi connectivity index (χ4v) is 2.69. The lowest BCUT2D eigenvalue weighted by Crippen LogP contribution is -1.89. The molecule has 0 spiro atoms. The molecule has 0 N–H and O–H groups in total. The quantitative estimate of drug-likeness (QED) is 0.583. The minimum atomic E-state index is 1.28. The molecule has 0 saturated heterocycles. The predicted molar refractivity (Wildman–Crippen MR) is 60.7 cm³/mol. The summed E-state index contributed by atoms with van der Waals surface area (Å²) < 4.78 is 0. The molecule has 3 rings (SSSR count). The van der Waals surface area contributed by atoms with Crippen molar-refractivity contribution in [1.82, 2.24) is 0 Å². The Morgan fingerprint density at radius 1 is 1.00 bits per heavy atom. The molecule has 2 aromatic carbocycles. The minimum absolute atomic E-state index is 1.28. The lowest BCUT2D eigenvalue weighted by atomic mass is 9.97. The summed E-state index contributed by atoms with van der Waals surface area (Å²) in [5.41, 5.74) is 4.71. The van der Waals surface area contributed by atoms with Crippen LogP contribution in [0.2, 0.25) is 0 Å². The summed E-state index contributed by atoms with van der Waals surface area (Å²) in [5, 5.41) is 2.89. The van der Waals surface area contributed by atoms with Gasteiger partial charge in [0.2, 0.25) is 0 Å². The van der Waals surface area contributed by atoms with E-state index in [0.717, 1.165) is 0 Å². The van der Waals surface area contributed by atoms with E-state index in [1.165, 1.54) is 35.6 Å². The van der Waals surface area contributed by atoms with Crippen LogP contribution in [-0.2, 0) is 12.8 Å². The zero-order chi connectivity index (χ0) is 9.54. The highest BCUT2D eigenvalue weighted by molar-refractivity contribution is 5.88. The van der Waals surface area contributed by atoms with E-state index in [9.17, 15) is 0 Å². The van der Waals surface area contributed by atoms with Gasteiger partial charge in [-0.05, 0) is 53.6 Å². The molecule has 0 atom stereocenters. The van der Waals surface area contributed by atoms with Gasteiger partial charge in [-0.25, -0.2) is 0 Å². The molecule has 2 aromatic rings. The molecule has 0 bridgehead atoms. The molecular formula is C14H14. The van der Waals surface area contributed by atoms with Gasteiger partial charge in [0.15, 0.2) is 0 Å². The summed E-state index contributed by atoms with van der Waals surface area (Å²) in [6.07, 6.45) is 3.90. The molecule has 0 unspecified atom stereocenters. The first-order valence-corrected chi connectivity index (χ1v) is 5.36. The van der Waals surface area contributed by atoms with Gasteiger partial charge in [0.1, 0.15) is 0 Å². The maximum absolute atomic E-state index is 2.33. The van der Waals surface area contributed by atoms with Gasteiger partial charge in [0.25, 0.3) is 0 Å². The molecule has 14 heavy (non-hydrogen) atoms. The van der Waals surface area contributed by atoms with Gasteiger partial charge in [-0.3, -0.25) is 0 Å². The van der Waals surface area contributed by atoms with Crippen molar-refractivity contribution in [3.05, 3.63) is 47.0 Å². The van der Waals surface area contributed by atoms with Gasteiger partial charge in [0, 0.05) is 0 Å². The molecule has 0 heteroatoms. The Hall–Kier alpha value is -1.30. The number of hydrogen-bond donors (Lipinski definition) is 0. The third kappa shape index (κ3) is 1.00. The molecule has 1 aliphatic carbocycles. The summed E-state index contributed by atoms with van der Waals surface area (Å²) in [6, 6.07) is 11.1. The second-order valence-electron chi connectivity index (χ2n) is 4.23. The van der Waals surface area contributed by atoms with E-state index in [0.29, 0.717) is 0 Å². The van der Waals surface area contributed by atoms with Gasteiger partial charge in [-0.1, -0.05) is 30.3 Å². The number of aryl methyl sites for hydroxylation is 2. The Morgan fingerprint density at radius 2 is 1.79 bits per heavy atom. The Balaban J connectivity index is 2.46. The van der Waals surface area contributed by atoms with Crippen LogP contribution in [0.5, 0.6) is 0 Å². The maximum Gasteiger partial charge on any atom is -0.0149 e. The van der Waals surface area contributed by atoms with Crippen molar-refractivity contribution in [2.75, 3.05) is 0 Å². The van der Waals surface area contributed by atoms with Gasteiger partial charge < -0.3 is 0 Å². The first kappa shape index (κ1) is 8.05. The monoisotopic (exact) mass is 182 g/mol. The van der Waals surface area contributed by atoms with Gasteiger partial charge in [-0.15, -0.1) is 0 Å². The molecule has 1 aliphatic rings. The zero-order valence-corrected chi connectivity index (χ0v) is 8.51. The first-order valence-electron chi connectivity index (χ1n) is 5.36. The average Bonchev–Trinajstić information content (AvgIpc) is 2.67. The zero-order valence-electron chi connectivity index (χ0n) is 8.51. The van der Waals surface area contributed by atoms with E-state index in [-0.39, 0.29) is 0 Å². The Labute approximate surface area is 84.6 Å². The second kappa shape index (κ2) is 2.84. The van der Waals surface area contributed by atoms with Crippen LogP contribution < -0.4 is 0 Å². The van der Waals surface area contributed by atoms with Crippen LogP contribution >= 0.6 is 0 Å². The molecule has 0 fully saturated rings. The number of benzene rings is 2. The third-order valence-electron chi connectivity index (χ3n) is 3.35. The van der Waals surface area contributed by atoms with Crippen molar-refractivity contribution in [2.24, 2.45) is 0 Å². The number of rotatable bonds is 0. The summed E-state index contributed by atoms with van der Waals surface area (Å²) in [6.45, 7) is 2.25. The van der Waals surface area contributed by atoms with Crippen molar-refractivity contribution >= 4 is 10.8 Å². The van der Waals surface area contributed by atoms with Crippen LogP contribution in [0, 0.1) is 6.92 Å². The standard InChI is InChI=1S/C14H14/c1-10-9-11-5-2-3-6-13(11)14-8-4-7-12(10)14/h2-3,5-6,9H,4,7-8H2,1H3. The Morgan fingerprint density at radius 3 is 2.71 bits per heavy atom. The lowest BCUT2D eigenvalue weighted by Gasteiger charge is -2.08. The van der Waals surface area contributed by atoms with Gasteiger partial charge in [0.05, 0.1) is 0 Å². The maximum atomic E-state index is 2.33. The van der Waals surface area contributed by atoms with E-state index in [1.807, 2.05) is 0 Å². The Kier molecular flexibility index (Phi) is 1.63. The minimum Gasteiger partial charge on any atom is -0.0616 e. The normalized spacial score (nSPS) is 14.6. The summed E-state index contributed by atoms with van der Waals surface area (Å²) in [5.74, 6) is 0. The van der Waals surface area contributed by atoms with Crippen LogP contribution in [-0.4, -0.2) is 0 Å². The fraction of sp³-hybridized carbons (Fsp3) is 0.286. The smallest absolute Gasteiger partial charge is 0.0149 e. The number of fused-ring (bicyclic) bond motifs is 3. The van der Waals surface area contributed by atoms with Crippen molar-refractivity contribution in [1.29, 1.82) is 0 Å². The van der Waals surface area contributed by atoms with E-state index >= 15 is 0 Å². The van der Waals surface area contributed by atoms with Crippen molar-refractivity contribution in [2.45, 2.75) is 26.2 Å². The average molecular weight is 182 g/mol. The Bertz CT molecular complexity index is 495. The second-order valence-corrected chi connectivity index (χ2v) is 4.23. The number of hydrogen-bond acceptors (Lipinski definition) is 0. The molecule has 0 heterocycles. The third-order valence-corrected chi connectivity index (χ3v) is 3.35. The van der Waals surface area contributed by atoms with Gasteiger partial charge in [-0.2, -0.15) is 0 Å². The molecule has 70 valence electrons. The molecular weight excluding hydrogens is 168 g/mol. The highest BCUT2D eigenvalue weighted by Gasteiger charge is 2.15. The van der Waals surface area contributed by atoms with Crippen LogP contribution in [0.3, 0.4) is 0 Å². The SMILES string of the molecule is Cc1cc2ccccc2c2c1CCC2.